The largest absolute Gasteiger partial charge is 0.497 e. The van der Waals surface area contributed by atoms with Crippen molar-refractivity contribution < 1.29 is 57.1 Å². The van der Waals surface area contributed by atoms with E-state index in [0.29, 0.717) is 29.0 Å². The molecule has 1 fully saturated rings. The second kappa shape index (κ2) is 24.4. The van der Waals surface area contributed by atoms with Crippen LogP contribution in [0.2, 0.25) is 0 Å². The van der Waals surface area contributed by atoms with Gasteiger partial charge in [0.2, 0.25) is 0 Å². The number of ether oxygens (including phenoxy) is 8. The lowest BCUT2D eigenvalue weighted by atomic mass is 9.97. The fraction of sp³-hybridized carbons (Fsp3) is 0.333. The minimum atomic E-state index is -1.53. The van der Waals surface area contributed by atoms with Crippen molar-refractivity contribution in [3.63, 3.8) is 0 Å². The fourth-order valence-corrected chi connectivity index (χ4v) is 6.91. The molecule has 12 nitrogen and oxygen atoms in total. The molecule has 1 heterocycles. The van der Waals surface area contributed by atoms with E-state index in [-0.39, 0.29) is 11.1 Å². The van der Waals surface area contributed by atoms with E-state index in [1.807, 2.05) is 6.92 Å². The maximum atomic E-state index is 14.0. The Morgan fingerprint density at radius 1 is 0.629 bits per heavy atom. The highest BCUT2D eigenvalue weighted by Crippen LogP contribution is 2.33. The van der Waals surface area contributed by atoms with E-state index in [0.717, 1.165) is 34.6 Å². The predicted molar refractivity (Wildman–Crippen MR) is 240 cm³/mol. The molecule has 0 aliphatic carbocycles. The Kier molecular flexibility index (Phi) is 18.8. The predicted octanol–water partition coefficient (Wildman–Crippen LogP) is 9.96. The number of carbonyl (C=O) groups is 4. The summed E-state index contributed by atoms with van der Waals surface area (Å²) < 4.78 is 49.0. The Hall–Kier alpha value is -5.28. The van der Waals surface area contributed by atoms with E-state index in [4.69, 9.17) is 37.9 Å². The zero-order valence-corrected chi connectivity index (χ0v) is 38.1. The van der Waals surface area contributed by atoms with Crippen molar-refractivity contribution in [1.29, 1.82) is 0 Å². The molecule has 5 rings (SSSR count). The average molecular weight is 979 g/mol. The number of benzene rings is 4. The van der Waals surface area contributed by atoms with Crippen LogP contribution < -0.4 is 9.47 Å². The topological polar surface area (TPSA) is 142 Å². The van der Waals surface area contributed by atoms with Crippen molar-refractivity contribution >= 4 is 67.9 Å². The van der Waals surface area contributed by atoms with E-state index in [2.05, 4.69) is 38.8 Å². The van der Waals surface area contributed by atoms with Gasteiger partial charge in [0.05, 0.1) is 31.5 Å². The molecule has 62 heavy (non-hydrogen) atoms. The summed E-state index contributed by atoms with van der Waals surface area (Å²) in [7, 11) is 3.11. The molecule has 1 saturated heterocycles. The third kappa shape index (κ3) is 14.7. The van der Waals surface area contributed by atoms with Crippen LogP contribution in [0, 0.1) is 0 Å². The molecular weight excluding hydrogens is 928 g/mol. The first-order valence-corrected chi connectivity index (χ1v) is 21.8. The summed E-state index contributed by atoms with van der Waals surface area (Å²) in [6, 6.07) is 26.9. The number of carbonyl (C=O) groups excluding carboxylic acids is 4. The Morgan fingerprint density at radius 3 is 1.63 bits per heavy atom. The quantitative estimate of drug-likeness (QED) is 0.0360. The monoisotopic (exact) mass is 976 g/mol. The van der Waals surface area contributed by atoms with Crippen LogP contribution in [0.1, 0.15) is 77.8 Å². The van der Waals surface area contributed by atoms with Crippen LogP contribution in [0.4, 0.5) is 0 Å². The minimum Gasteiger partial charge on any atom is -0.497 e. The molecule has 328 valence electrons. The lowest BCUT2D eigenvalue weighted by molar-refractivity contribution is -0.310. The van der Waals surface area contributed by atoms with Gasteiger partial charge in [-0.05, 0) is 109 Å². The summed E-state index contributed by atoms with van der Waals surface area (Å²) in [4.78, 5) is 54.8. The van der Waals surface area contributed by atoms with Gasteiger partial charge in [0, 0.05) is 21.1 Å². The van der Waals surface area contributed by atoms with Gasteiger partial charge in [0.15, 0.2) is 24.6 Å². The molecule has 6 atom stereocenters. The summed E-state index contributed by atoms with van der Waals surface area (Å²) in [5, 5.41) is 0. The minimum absolute atomic E-state index is 0.163. The molecule has 4 aromatic rings. The van der Waals surface area contributed by atoms with Crippen molar-refractivity contribution in [2.45, 2.75) is 82.8 Å². The van der Waals surface area contributed by atoms with Crippen LogP contribution in [0.5, 0.6) is 11.5 Å². The first-order chi connectivity index (χ1) is 30.0. The van der Waals surface area contributed by atoms with Gasteiger partial charge in [-0.25, -0.2) is 19.2 Å². The van der Waals surface area contributed by atoms with Crippen LogP contribution in [-0.2, 0) is 38.0 Å². The van der Waals surface area contributed by atoms with Crippen molar-refractivity contribution in [1.82, 2.24) is 0 Å². The highest BCUT2D eigenvalue weighted by molar-refractivity contribution is 9.10. The summed E-state index contributed by atoms with van der Waals surface area (Å²) in [6.07, 6.45) is 2.52. The Bertz CT molecular complexity index is 2120. The first-order valence-electron chi connectivity index (χ1n) is 20.2. The maximum Gasteiger partial charge on any atom is 0.338 e. The molecule has 1 aliphatic heterocycles. The molecule has 0 radical (unpaired) electrons. The molecule has 4 aromatic carbocycles. The number of unbranched alkanes of at least 4 members (excludes halogenated alkanes) is 3. The van der Waals surface area contributed by atoms with Gasteiger partial charge in [-0.15, -0.1) is 0 Å². The van der Waals surface area contributed by atoms with Gasteiger partial charge in [0.25, 0.3) is 0 Å². The number of methoxy groups -OCH3 is 2. The summed E-state index contributed by atoms with van der Waals surface area (Å²) in [5.41, 5.74) is 1.73. The highest BCUT2D eigenvalue weighted by atomic mass is 79.9. The van der Waals surface area contributed by atoms with Crippen molar-refractivity contribution in [3.8, 4) is 11.5 Å². The average Bonchev–Trinajstić information content (AvgIpc) is 3.28. The fourth-order valence-electron chi connectivity index (χ4n) is 6.38. The van der Waals surface area contributed by atoms with Crippen LogP contribution in [0.3, 0.4) is 0 Å². The van der Waals surface area contributed by atoms with E-state index < -0.39 is 67.3 Å². The molecule has 0 N–H and O–H groups in total. The summed E-state index contributed by atoms with van der Waals surface area (Å²) in [5.74, 6) is -1.89. The molecule has 14 heteroatoms. The zero-order chi connectivity index (χ0) is 44.4. The van der Waals surface area contributed by atoms with Gasteiger partial charge in [0.1, 0.15) is 24.2 Å². The summed E-state index contributed by atoms with van der Waals surface area (Å²) in [6.45, 7) is 3.51. The van der Waals surface area contributed by atoms with Crippen LogP contribution in [0.15, 0.2) is 118 Å². The number of hydrogen-bond acceptors (Lipinski definition) is 12. The smallest absolute Gasteiger partial charge is 0.338 e. The first kappa shape index (κ1) is 47.8. The number of rotatable bonds is 20. The Balaban J connectivity index is 1.52. The lowest BCUT2D eigenvalue weighted by Crippen LogP contribution is -2.63. The molecule has 0 aromatic heterocycles. The molecular formula is C48H50Br2O12. The molecule has 0 unspecified atom stereocenters. The number of esters is 4. The maximum absolute atomic E-state index is 14.0. The van der Waals surface area contributed by atoms with E-state index >= 15 is 0 Å². The lowest BCUT2D eigenvalue weighted by Gasteiger charge is -2.44. The second-order valence-electron chi connectivity index (χ2n) is 14.3. The third-order valence-electron chi connectivity index (χ3n) is 9.77. The van der Waals surface area contributed by atoms with Gasteiger partial charge in [-0.3, -0.25) is 0 Å². The van der Waals surface area contributed by atoms with Crippen molar-refractivity contribution in [3.05, 3.63) is 140 Å². The van der Waals surface area contributed by atoms with Crippen LogP contribution >= 0.6 is 31.9 Å². The Labute approximate surface area is 378 Å². The SMILES string of the molecule is CCCCCC[C@H](C)O[C@@H]1O[C@H](COC(=O)/C=C/c2ccc(OC)cc2)[C@@H](OC(=O)/C=C/c2ccc(OC)cc2)[C@H](OC(=O)c2ccc(Br)cc2)[C@H]1OC(=O)c1ccc(Br)cc1. The van der Waals surface area contributed by atoms with Crippen molar-refractivity contribution in [2.24, 2.45) is 0 Å². The van der Waals surface area contributed by atoms with Crippen LogP contribution in [-0.4, -0.2) is 81.5 Å². The Morgan fingerprint density at radius 2 is 1.13 bits per heavy atom. The molecule has 0 bridgehead atoms. The van der Waals surface area contributed by atoms with E-state index in [9.17, 15) is 19.2 Å². The standard InChI is InChI=1S/C48H50Br2O12/c1-5-6-7-8-9-31(2)58-48-45(62-47(54)35-18-22-37(50)23-19-35)44(61-46(53)34-16-20-36(49)21-17-34)43(60-42(52)29-15-33-12-26-39(56-4)27-13-33)40(59-48)30-57-41(51)28-14-32-10-24-38(55-3)25-11-32/h10-29,31,40,43-45,48H,5-9,30H2,1-4H3/b28-14+,29-15+/t31-,40+,43+,44-,45+,48+/m0/s1. The number of hydrogen-bond donors (Lipinski definition) is 0. The van der Waals surface area contributed by atoms with Gasteiger partial charge < -0.3 is 37.9 Å². The zero-order valence-electron chi connectivity index (χ0n) is 34.9. The highest BCUT2D eigenvalue weighted by Gasteiger charge is 2.54. The van der Waals surface area contributed by atoms with Gasteiger partial charge in [-0.2, -0.15) is 0 Å². The molecule has 0 amide bonds. The van der Waals surface area contributed by atoms with Crippen molar-refractivity contribution in [2.75, 3.05) is 20.8 Å². The molecule has 1 aliphatic rings. The van der Waals surface area contributed by atoms with E-state index in [1.54, 1.807) is 117 Å². The van der Waals surface area contributed by atoms with Gasteiger partial charge >= 0.3 is 23.9 Å². The third-order valence-corrected chi connectivity index (χ3v) is 10.8. The number of halogens is 2. The van der Waals surface area contributed by atoms with Gasteiger partial charge in [-0.1, -0.05) is 88.7 Å². The van der Waals surface area contributed by atoms with Crippen LogP contribution in [0.25, 0.3) is 12.2 Å². The normalized spacial score (nSPS) is 19.1. The molecule has 0 spiro atoms. The summed E-state index contributed by atoms with van der Waals surface area (Å²) >= 11 is 6.78. The second-order valence-corrected chi connectivity index (χ2v) is 16.2. The molecule has 0 saturated carbocycles. The van der Waals surface area contributed by atoms with E-state index in [1.165, 1.54) is 18.2 Å².